The molecule has 0 saturated heterocycles. The van der Waals surface area contributed by atoms with Crippen LogP contribution in [0.2, 0.25) is 0 Å². The van der Waals surface area contributed by atoms with Gasteiger partial charge in [0.25, 0.3) is 0 Å². The van der Waals surface area contributed by atoms with Crippen LogP contribution in [-0.2, 0) is 11.2 Å². The minimum Gasteiger partial charge on any atom is -0.387 e. The highest BCUT2D eigenvalue weighted by atomic mass is 16.3. The number of nitrogens with zero attached hydrogens (tertiary/aromatic N) is 1. The van der Waals surface area contributed by atoms with Gasteiger partial charge in [-0.15, -0.1) is 0 Å². The summed E-state index contributed by atoms with van der Waals surface area (Å²) in [6.07, 6.45) is 1.17. The predicted octanol–water partition coefficient (Wildman–Crippen LogP) is 1.66. The summed E-state index contributed by atoms with van der Waals surface area (Å²) in [6.45, 7) is 6.66. The number of nitrogens with one attached hydrogen (secondary N) is 1. The zero-order chi connectivity index (χ0) is 16.0. The first kappa shape index (κ1) is 17.7. The fourth-order valence-corrected chi connectivity index (χ4v) is 2.59. The molecule has 0 aliphatic rings. The van der Waals surface area contributed by atoms with Crippen molar-refractivity contribution in [1.29, 1.82) is 0 Å². The van der Waals surface area contributed by atoms with E-state index in [1.54, 1.807) is 6.92 Å². The summed E-state index contributed by atoms with van der Waals surface area (Å²) < 4.78 is 0. The van der Waals surface area contributed by atoms with Crippen molar-refractivity contribution in [2.45, 2.75) is 39.2 Å². The molecule has 118 valence electrons. The number of carbonyl (C=O) groups is 1. The molecule has 1 atom stereocenters. The molecule has 21 heavy (non-hydrogen) atoms. The first-order chi connectivity index (χ1) is 9.68. The highest BCUT2D eigenvalue weighted by Crippen LogP contribution is 2.11. The monoisotopic (exact) mass is 292 g/mol. The van der Waals surface area contributed by atoms with E-state index < -0.39 is 5.60 Å². The number of amides is 1. The van der Waals surface area contributed by atoms with Crippen LogP contribution in [-0.4, -0.2) is 48.7 Å². The van der Waals surface area contributed by atoms with E-state index in [0.29, 0.717) is 13.0 Å². The van der Waals surface area contributed by atoms with Gasteiger partial charge in [0.05, 0.1) is 5.60 Å². The van der Waals surface area contributed by atoms with Gasteiger partial charge in [-0.1, -0.05) is 29.3 Å². The summed E-state index contributed by atoms with van der Waals surface area (Å²) in [4.78, 5) is 13.8. The van der Waals surface area contributed by atoms with Crippen molar-refractivity contribution < 1.29 is 9.90 Å². The fourth-order valence-electron chi connectivity index (χ4n) is 2.59. The third-order valence-electron chi connectivity index (χ3n) is 3.25. The minimum atomic E-state index is -0.904. The van der Waals surface area contributed by atoms with E-state index >= 15 is 0 Å². The molecule has 4 nitrogen and oxygen atoms in total. The van der Waals surface area contributed by atoms with Crippen molar-refractivity contribution in [3.05, 3.63) is 34.9 Å². The second-order valence-corrected chi connectivity index (χ2v) is 6.51. The van der Waals surface area contributed by atoms with Crippen LogP contribution in [0.1, 0.15) is 30.0 Å². The molecule has 0 aliphatic heterocycles. The Morgan fingerprint density at radius 3 is 2.33 bits per heavy atom. The average molecular weight is 292 g/mol. The Kier molecular flexibility index (Phi) is 6.37. The highest BCUT2D eigenvalue weighted by Gasteiger charge is 2.21. The van der Waals surface area contributed by atoms with Crippen LogP contribution in [0.3, 0.4) is 0 Å². The van der Waals surface area contributed by atoms with E-state index in [0.717, 1.165) is 6.42 Å². The van der Waals surface area contributed by atoms with Gasteiger partial charge in [-0.25, -0.2) is 0 Å². The van der Waals surface area contributed by atoms with Gasteiger partial charge in [0.2, 0.25) is 5.91 Å². The first-order valence-electron chi connectivity index (χ1n) is 7.39. The molecule has 0 bridgehead atoms. The normalized spacial score (nSPS) is 14.0. The molecular weight excluding hydrogens is 264 g/mol. The molecule has 0 fully saturated rings. The average Bonchev–Trinajstić information content (AvgIpc) is 2.31. The molecule has 0 saturated carbocycles. The van der Waals surface area contributed by atoms with E-state index in [-0.39, 0.29) is 12.5 Å². The number of benzene rings is 1. The van der Waals surface area contributed by atoms with Crippen LogP contribution in [0.25, 0.3) is 0 Å². The predicted molar refractivity (Wildman–Crippen MR) is 86.4 cm³/mol. The van der Waals surface area contributed by atoms with Gasteiger partial charge in [0.1, 0.15) is 0 Å². The van der Waals surface area contributed by atoms with Crippen molar-refractivity contribution in [2.24, 2.45) is 0 Å². The number of aliphatic hydroxyl groups is 1. The Bertz CT molecular complexity index is 461. The lowest BCUT2D eigenvalue weighted by molar-refractivity contribution is -0.122. The molecule has 0 radical (unpaired) electrons. The molecule has 1 amide bonds. The molecule has 1 rings (SSSR count). The SMILES string of the molecule is Cc1cc(C)cc(CCC(=O)NCC(C)(O)CN(C)C)c1. The molecular formula is C17H28N2O2. The van der Waals surface area contributed by atoms with E-state index in [9.17, 15) is 9.90 Å². The Morgan fingerprint density at radius 1 is 1.24 bits per heavy atom. The van der Waals surface area contributed by atoms with E-state index in [4.69, 9.17) is 0 Å². The highest BCUT2D eigenvalue weighted by molar-refractivity contribution is 5.76. The van der Waals surface area contributed by atoms with Crippen LogP contribution >= 0.6 is 0 Å². The second-order valence-electron chi connectivity index (χ2n) is 6.51. The zero-order valence-corrected chi connectivity index (χ0v) is 13.9. The van der Waals surface area contributed by atoms with Crippen molar-refractivity contribution in [3.63, 3.8) is 0 Å². The van der Waals surface area contributed by atoms with Gasteiger partial charge in [0, 0.05) is 19.5 Å². The van der Waals surface area contributed by atoms with Gasteiger partial charge in [-0.05, 0) is 46.9 Å². The molecule has 0 aliphatic carbocycles. The van der Waals surface area contributed by atoms with Crippen LogP contribution < -0.4 is 5.32 Å². The molecule has 0 aromatic heterocycles. The molecule has 1 unspecified atom stereocenters. The second kappa shape index (κ2) is 7.57. The fraction of sp³-hybridized carbons (Fsp3) is 0.588. The summed E-state index contributed by atoms with van der Waals surface area (Å²) in [5.41, 5.74) is 2.72. The van der Waals surface area contributed by atoms with E-state index in [2.05, 4.69) is 37.4 Å². The molecule has 0 spiro atoms. The molecule has 4 heteroatoms. The summed E-state index contributed by atoms with van der Waals surface area (Å²) >= 11 is 0. The third kappa shape index (κ3) is 7.25. The standard InChI is InChI=1S/C17H28N2O2/c1-13-8-14(2)10-15(9-13)6-7-16(20)18-11-17(3,21)12-19(4)5/h8-10,21H,6-7,11-12H2,1-5H3,(H,18,20). The molecule has 2 N–H and O–H groups in total. The lowest BCUT2D eigenvalue weighted by atomic mass is 10.0. The summed E-state index contributed by atoms with van der Waals surface area (Å²) in [5.74, 6) is -0.0202. The van der Waals surface area contributed by atoms with Crippen molar-refractivity contribution in [2.75, 3.05) is 27.2 Å². The lowest BCUT2D eigenvalue weighted by Gasteiger charge is -2.27. The van der Waals surface area contributed by atoms with Crippen LogP contribution in [0.15, 0.2) is 18.2 Å². The quantitative estimate of drug-likeness (QED) is 0.804. The van der Waals surface area contributed by atoms with Crippen molar-refractivity contribution in [3.8, 4) is 0 Å². The minimum absolute atomic E-state index is 0.0202. The Labute approximate surface area is 128 Å². The van der Waals surface area contributed by atoms with Crippen LogP contribution in [0.4, 0.5) is 0 Å². The van der Waals surface area contributed by atoms with Crippen LogP contribution in [0, 0.1) is 13.8 Å². The largest absolute Gasteiger partial charge is 0.387 e. The molecule has 0 heterocycles. The zero-order valence-electron chi connectivity index (χ0n) is 13.9. The molecule has 1 aromatic rings. The molecule has 1 aromatic carbocycles. The van der Waals surface area contributed by atoms with Crippen LogP contribution in [0.5, 0.6) is 0 Å². The van der Waals surface area contributed by atoms with E-state index in [1.807, 2.05) is 19.0 Å². The summed E-state index contributed by atoms with van der Waals surface area (Å²) in [6, 6.07) is 6.35. The topological polar surface area (TPSA) is 52.6 Å². The maximum atomic E-state index is 11.9. The summed E-state index contributed by atoms with van der Waals surface area (Å²) in [7, 11) is 3.80. The Morgan fingerprint density at radius 2 is 1.81 bits per heavy atom. The first-order valence-corrected chi connectivity index (χ1v) is 7.39. The maximum Gasteiger partial charge on any atom is 0.220 e. The number of aryl methyl sites for hydroxylation is 3. The number of hydrogen-bond acceptors (Lipinski definition) is 3. The van der Waals surface area contributed by atoms with Crippen molar-refractivity contribution in [1.82, 2.24) is 10.2 Å². The smallest absolute Gasteiger partial charge is 0.220 e. The van der Waals surface area contributed by atoms with Gasteiger partial charge in [0.15, 0.2) is 0 Å². The third-order valence-corrected chi connectivity index (χ3v) is 3.25. The van der Waals surface area contributed by atoms with E-state index in [1.165, 1.54) is 16.7 Å². The Hall–Kier alpha value is -1.39. The van der Waals surface area contributed by atoms with Gasteiger partial charge >= 0.3 is 0 Å². The van der Waals surface area contributed by atoms with Gasteiger partial charge < -0.3 is 15.3 Å². The lowest BCUT2D eigenvalue weighted by Crippen LogP contribution is -2.47. The Balaban J connectivity index is 2.40. The maximum absolute atomic E-state index is 11.9. The van der Waals surface area contributed by atoms with Gasteiger partial charge in [-0.2, -0.15) is 0 Å². The number of hydrogen-bond donors (Lipinski definition) is 2. The number of carbonyl (C=O) groups excluding carboxylic acids is 1. The number of likely N-dealkylation sites (N-methyl/N-ethyl adjacent to an activating group) is 1. The number of rotatable bonds is 7. The summed E-state index contributed by atoms with van der Waals surface area (Å²) in [5, 5.41) is 12.9. The van der Waals surface area contributed by atoms with Crippen molar-refractivity contribution >= 4 is 5.91 Å². The van der Waals surface area contributed by atoms with Gasteiger partial charge in [-0.3, -0.25) is 4.79 Å².